The van der Waals surface area contributed by atoms with E-state index in [2.05, 4.69) is 4.98 Å². The molecule has 1 aliphatic rings. The molecule has 128 valence electrons. The Bertz CT molecular complexity index is 571. The van der Waals surface area contributed by atoms with Crippen LogP contribution in [0, 0.1) is 15.5 Å². The topological polar surface area (TPSA) is 94.5 Å². The van der Waals surface area contributed by atoms with Crippen molar-refractivity contribution >= 4 is 28.8 Å². The number of halogens is 1. The first kappa shape index (κ1) is 17.7. The van der Waals surface area contributed by atoms with E-state index in [0.29, 0.717) is 18.8 Å². The molecule has 2 rings (SSSR count). The molecule has 0 radical (unpaired) electrons. The lowest BCUT2D eigenvalue weighted by Crippen LogP contribution is -2.41. The Hall–Kier alpha value is -1.60. The molecule has 1 heterocycles. The highest BCUT2D eigenvalue weighted by atomic mass is 35.5. The number of nitrogens with two attached hydrogens (primary N) is 1. The Kier molecular flexibility index (Phi) is 5.64. The van der Waals surface area contributed by atoms with E-state index in [9.17, 15) is 10.1 Å². The second-order valence-corrected chi connectivity index (χ2v) is 6.69. The van der Waals surface area contributed by atoms with Crippen LogP contribution in [-0.4, -0.2) is 37.2 Å². The van der Waals surface area contributed by atoms with Gasteiger partial charge in [0.25, 0.3) is 0 Å². The third kappa shape index (κ3) is 4.03. The lowest BCUT2D eigenvalue weighted by Gasteiger charge is -2.40. The molecule has 0 atom stereocenters. The zero-order chi connectivity index (χ0) is 17.0. The van der Waals surface area contributed by atoms with Gasteiger partial charge >= 0.3 is 5.69 Å². The summed E-state index contributed by atoms with van der Waals surface area (Å²) >= 11 is 5.94. The fraction of sp³-hybridized carbons (Fsp3) is 0.667. The normalized spacial score (nSPS) is 17.0. The van der Waals surface area contributed by atoms with Crippen LogP contribution in [-0.2, 0) is 4.74 Å². The molecule has 1 aromatic rings. The van der Waals surface area contributed by atoms with Gasteiger partial charge in [0.1, 0.15) is 10.8 Å². The quantitative estimate of drug-likeness (QED) is 0.484. The third-order valence-corrected chi connectivity index (χ3v) is 4.69. The molecule has 1 aliphatic carbocycles. The molecule has 0 unspecified atom stereocenters. The standard InChI is InChI=1S/C15H23ClN4O3/c1-19(9-15(10-23-2)6-4-3-5-7-15)11-8-12(16)18-14(17)13(11)20(21)22/h8H,3-7,9-10H2,1-2H3,(H2,17,18). The fourth-order valence-corrected chi connectivity index (χ4v) is 3.73. The largest absolute Gasteiger partial charge is 0.384 e. The van der Waals surface area contributed by atoms with Gasteiger partial charge in [-0.15, -0.1) is 0 Å². The minimum absolute atomic E-state index is 0.000126. The first-order valence-corrected chi connectivity index (χ1v) is 8.07. The smallest absolute Gasteiger partial charge is 0.334 e. The number of pyridine rings is 1. The number of ether oxygens (including phenoxy) is 1. The maximum Gasteiger partial charge on any atom is 0.334 e. The minimum Gasteiger partial charge on any atom is -0.384 e. The van der Waals surface area contributed by atoms with Crippen LogP contribution in [0.2, 0.25) is 5.15 Å². The van der Waals surface area contributed by atoms with E-state index in [1.807, 2.05) is 11.9 Å². The molecule has 23 heavy (non-hydrogen) atoms. The van der Waals surface area contributed by atoms with Crippen LogP contribution in [0.3, 0.4) is 0 Å². The average molecular weight is 343 g/mol. The number of nitrogen functional groups attached to an aromatic ring is 1. The summed E-state index contributed by atoms with van der Waals surface area (Å²) in [6, 6.07) is 1.50. The highest BCUT2D eigenvalue weighted by molar-refractivity contribution is 6.30. The molecule has 1 fully saturated rings. The molecule has 0 aromatic carbocycles. The van der Waals surface area contributed by atoms with Crippen LogP contribution in [0.4, 0.5) is 17.2 Å². The number of hydrogen-bond donors (Lipinski definition) is 1. The summed E-state index contributed by atoms with van der Waals surface area (Å²) < 4.78 is 5.42. The molecule has 0 amide bonds. The molecule has 2 N–H and O–H groups in total. The van der Waals surface area contributed by atoms with Crippen molar-refractivity contribution in [3.8, 4) is 0 Å². The Balaban J connectivity index is 2.32. The predicted molar refractivity (Wildman–Crippen MR) is 91.0 cm³/mol. The van der Waals surface area contributed by atoms with Gasteiger partial charge in [-0.3, -0.25) is 10.1 Å². The van der Waals surface area contributed by atoms with Gasteiger partial charge in [0.05, 0.1) is 11.5 Å². The van der Waals surface area contributed by atoms with Crippen molar-refractivity contribution in [3.63, 3.8) is 0 Å². The summed E-state index contributed by atoms with van der Waals surface area (Å²) in [4.78, 5) is 16.5. The number of nitrogens with zero attached hydrogens (tertiary/aromatic N) is 3. The Morgan fingerprint density at radius 2 is 2.13 bits per heavy atom. The van der Waals surface area contributed by atoms with Crippen molar-refractivity contribution in [2.24, 2.45) is 5.41 Å². The lowest BCUT2D eigenvalue weighted by atomic mass is 9.74. The maximum absolute atomic E-state index is 11.3. The summed E-state index contributed by atoms with van der Waals surface area (Å²) in [6.07, 6.45) is 5.63. The van der Waals surface area contributed by atoms with Crippen molar-refractivity contribution in [2.75, 3.05) is 37.9 Å². The van der Waals surface area contributed by atoms with Crippen molar-refractivity contribution in [2.45, 2.75) is 32.1 Å². The average Bonchev–Trinajstić information content (AvgIpc) is 2.46. The zero-order valence-corrected chi connectivity index (χ0v) is 14.3. The van der Waals surface area contributed by atoms with Crippen LogP contribution in [0.5, 0.6) is 0 Å². The Morgan fingerprint density at radius 1 is 1.48 bits per heavy atom. The molecule has 0 aliphatic heterocycles. The van der Waals surface area contributed by atoms with Crippen LogP contribution >= 0.6 is 11.6 Å². The minimum atomic E-state index is -0.506. The Morgan fingerprint density at radius 3 is 2.70 bits per heavy atom. The predicted octanol–water partition coefficient (Wildman–Crippen LogP) is 3.26. The first-order valence-electron chi connectivity index (χ1n) is 7.69. The van der Waals surface area contributed by atoms with Gasteiger partial charge in [0.2, 0.25) is 5.82 Å². The van der Waals surface area contributed by atoms with E-state index in [1.54, 1.807) is 7.11 Å². The summed E-state index contributed by atoms with van der Waals surface area (Å²) in [5, 5.41) is 11.5. The van der Waals surface area contributed by atoms with Gasteiger partial charge in [-0.2, -0.15) is 0 Å². The number of nitro groups is 1. The molecule has 0 spiro atoms. The zero-order valence-electron chi connectivity index (χ0n) is 13.5. The van der Waals surface area contributed by atoms with Gasteiger partial charge in [0.15, 0.2) is 0 Å². The molecule has 1 aromatic heterocycles. The molecule has 8 heteroatoms. The monoisotopic (exact) mass is 342 g/mol. The first-order chi connectivity index (χ1) is 10.9. The van der Waals surface area contributed by atoms with Gasteiger partial charge in [0, 0.05) is 32.2 Å². The van der Waals surface area contributed by atoms with Gasteiger partial charge < -0.3 is 15.4 Å². The van der Waals surface area contributed by atoms with E-state index in [-0.39, 0.29) is 22.1 Å². The van der Waals surface area contributed by atoms with E-state index in [1.165, 1.54) is 12.5 Å². The summed E-state index contributed by atoms with van der Waals surface area (Å²) in [6.45, 7) is 1.29. The number of rotatable bonds is 6. The number of aromatic nitrogens is 1. The van der Waals surface area contributed by atoms with E-state index < -0.39 is 4.92 Å². The van der Waals surface area contributed by atoms with Gasteiger partial charge in [-0.1, -0.05) is 30.9 Å². The maximum atomic E-state index is 11.3. The number of anilines is 2. The van der Waals surface area contributed by atoms with Gasteiger partial charge in [-0.25, -0.2) is 4.98 Å². The summed E-state index contributed by atoms with van der Waals surface area (Å²) in [5.41, 5.74) is 5.90. The highest BCUT2D eigenvalue weighted by Crippen LogP contribution is 2.40. The van der Waals surface area contributed by atoms with E-state index in [0.717, 1.165) is 25.7 Å². The Labute approximate surface area is 140 Å². The SMILES string of the molecule is COCC1(CN(C)c2cc(Cl)nc(N)c2[N+](=O)[O-])CCCCC1. The fourth-order valence-electron chi connectivity index (χ4n) is 3.54. The molecule has 0 saturated heterocycles. The van der Waals surface area contributed by atoms with Crippen molar-refractivity contribution in [3.05, 3.63) is 21.3 Å². The molecular weight excluding hydrogens is 320 g/mol. The number of methoxy groups -OCH3 is 1. The van der Waals surface area contributed by atoms with Crippen molar-refractivity contribution in [1.29, 1.82) is 0 Å². The molecule has 7 nitrogen and oxygen atoms in total. The van der Waals surface area contributed by atoms with Crippen LogP contribution in [0.15, 0.2) is 6.07 Å². The van der Waals surface area contributed by atoms with Crippen molar-refractivity contribution in [1.82, 2.24) is 4.98 Å². The van der Waals surface area contributed by atoms with Gasteiger partial charge in [-0.05, 0) is 12.8 Å². The molecule has 0 bridgehead atoms. The second kappa shape index (κ2) is 7.31. The third-order valence-electron chi connectivity index (χ3n) is 4.50. The van der Waals surface area contributed by atoms with Crippen LogP contribution < -0.4 is 10.6 Å². The number of hydrogen-bond acceptors (Lipinski definition) is 6. The highest BCUT2D eigenvalue weighted by Gasteiger charge is 2.35. The summed E-state index contributed by atoms with van der Waals surface area (Å²) in [7, 11) is 3.52. The van der Waals surface area contributed by atoms with E-state index >= 15 is 0 Å². The van der Waals surface area contributed by atoms with Crippen molar-refractivity contribution < 1.29 is 9.66 Å². The second-order valence-electron chi connectivity index (χ2n) is 6.30. The van der Waals surface area contributed by atoms with Crippen LogP contribution in [0.25, 0.3) is 0 Å². The van der Waals surface area contributed by atoms with Crippen LogP contribution in [0.1, 0.15) is 32.1 Å². The van der Waals surface area contributed by atoms with E-state index in [4.69, 9.17) is 22.1 Å². The molecular formula is C15H23ClN4O3. The molecule has 1 saturated carbocycles. The summed E-state index contributed by atoms with van der Waals surface area (Å²) in [5.74, 6) is -0.159. The lowest BCUT2D eigenvalue weighted by molar-refractivity contribution is -0.383.